The van der Waals surface area contributed by atoms with Gasteiger partial charge < -0.3 is 11.1 Å². The Bertz CT molecular complexity index is 314. The lowest BCUT2D eigenvalue weighted by Gasteiger charge is -2.13. The molecule has 0 aliphatic rings. The first-order valence-corrected chi connectivity index (χ1v) is 5.11. The fourth-order valence-electron chi connectivity index (χ4n) is 1.07. The minimum atomic E-state index is 0.148. The third-order valence-electron chi connectivity index (χ3n) is 1.71. The maximum Gasteiger partial charge on any atom is 0.164 e. The van der Waals surface area contributed by atoms with Crippen molar-refractivity contribution in [3.63, 3.8) is 0 Å². The summed E-state index contributed by atoms with van der Waals surface area (Å²) in [5.41, 5.74) is 6.53. The third-order valence-corrected chi connectivity index (χ3v) is 2.32. The average Bonchev–Trinajstić information content (AvgIpc) is 2.03. The average molecular weight is 259 g/mol. The highest BCUT2D eigenvalue weighted by Crippen LogP contribution is 2.17. The number of benzene rings is 1. The van der Waals surface area contributed by atoms with Gasteiger partial charge in [-0.1, -0.05) is 28.1 Å². The van der Waals surface area contributed by atoms with Crippen molar-refractivity contribution in [1.29, 1.82) is 0 Å². The summed E-state index contributed by atoms with van der Waals surface area (Å²) in [5, 5.41) is 3.30. The smallest absolute Gasteiger partial charge is 0.164 e. The van der Waals surface area contributed by atoms with Crippen molar-refractivity contribution in [2.45, 2.75) is 13.0 Å². The molecule has 0 saturated carbocycles. The zero-order valence-corrected chi connectivity index (χ0v) is 9.65. The van der Waals surface area contributed by atoms with Crippen LogP contribution in [-0.4, -0.2) is 5.11 Å². The second-order valence-electron chi connectivity index (χ2n) is 2.79. The van der Waals surface area contributed by atoms with E-state index < -0.39 is 0 Å². The Morgan fingerprint density at radius 3 is 2.85 bits per heavy atom. The van der Waals surface area contributed by atoms with E-state index >= 15 is 0 Å². The zero-order valence-electron chi connectivity index (χ0n) is 7.25. The number of hydrogen-bond acceptors (Lipinski definition) is 1. The van der Waals surface area contributed by atoms with E-state index in [0.29, 0.717) is 5.11 Å². The van der Waals surface area contributed by atoms with Crippen molar-refractivity contribution in [2.75, 3.05) is 0 Å². The third kappa shape index (κ3) is 3.32. The predicted octanol–water partition coefficient (Wildman–Crippen LogP) is 2.34. The summed E-state index contributed by atoms with van der Waals surface area (Å²) < 4.78 is 1.06. The molecule has 0 aliphatic carbocycles. The topological polar surface area (TPSA) is 38.0 Å². The Morgan fingerprint density at radius 2 is 2.31 bits per heavy atom. The fraction of sp³-hybridized carbons (Fsp3) is 0.222. The summed E-state index contributed by atoms with van der Waals surface area (Å²) >= 11 is 8.16. The number of thiocarbonyl (C=S) groups is 1. The molecule has 13 heavy (non-hydrogen) atoms. The first kappa shape index (κ1) is 10.5. The van der Waals surface area contributed by atoms with Gasteiger partial charge in [0.05, 0.1) is 6.04 Å². The van der Waals surface area contributed by atoms with Gasteiger partial charge in [-0.05, 0) is 36.8 Å². The molecule has 1 unspecified atom stereocenters. The second kappa shape index (κ2) is 4.58. The first-order valence-electron chi connectivity index (χ1n) is 3.91. The van der Waals surface area contributed by atoms with Gasteiger partial charge >= 0.3 is 0 Å². The Kier molecular flexibility index (Phi) is 3.69. The normalized spacial score (nSPS) is 12.2. The molecular weight excluding hydrogens is 248 g/mol. The van der Waals surface area contributed by atoms with Crippen molar-refractivity contribution in [3.05, 3.63) is 34.3 Å². The Balaban J connectivity index is 2.76. The van der Waals surface area contributed by atoms with E-state index in [1.165, 1.54) is 0 Å². The van der Waals surface area contributed by atoms with Crippen LogP contribution in [0.1, 0.15) is 18.5 Å². The van der Waals surface area contributed by atoms with E-state index in [1.807, 2.05) is 31.2 Å². The molecule has 2 nitrogen and oxygen atoms in total. The summed E-state index contributed by atoms with van der Waals surface area (Å²) in [7, 11) is 0. The summed E-state index contributed by atoms with van der Waals surface area (Å²) in [6.45, 7) is 2.01. The van der Waals surface area contributed by atoms with Crippen LogP contribution in [-0.2, 0) is 0 Å². The fourth-order valence-corrected chi connectivity index (χ4v) is 1.67. The van der Waals surface area contributed by atoms with Crippen molar-refractivity contribution in [1.82, 2.24) is 5.32 Å². The molecular formula is C9H11BrN2S. The SMILES string of the molecule is CC(NC(N)=S)c1cccc(Br)c1. The first-order chi connectivity index (χ1) is 6.09. The van der Waals surface area contributed by atoms with Crippen LogP contribution in [0.25, 0.3) is 0 Å². The summed E-state index contributed by atoms with van der Waals surface area (Å²) in [6, 6.07) is 8.18. The molecule has 0 aromatic heterocycles. The van der Waals surface area contributed by atoms with E-state index in [1.54, 1.807) is 0 Å². The van der Waals surface area contributed by atoms with Gasteiger partial charge in [0.15, 0.2) is 5.11 Å². The van der Waals surface area contributed by atoms with E-state index in [4.69, 9.17) is 18.0 Å². The molecule has 0 fully saturated rings. The molecule has 3 N–H and O–H groups in total. The van der Waals surface area contributed by atoms with Crippen molar-refractivity contribution in [3.8, 4) is 0 Å². The lowest BCUT2D eigenvalue weighted by atomic mass is 10.1. The van der Waals surface area contributed by atoms with Gasteiger partial charge in [-0.2, -0.15) is 0 Å². The highest BCUT2D eigenvalue weighted by atomic mass is 79.9. The van der Waals surface area contributed by atoms with Gasteiger partial charge in [-0.25, -0.2) is 0 Å². The summed E-state index contributed by atoms with van der Waals surface area (Å²) in [5.74, 6) is 0. The van der Waals surface area contributed by atoms with Crippen LogP contribution in [0.2, 0.25) is 0 Å². The molecule has 4 heteroatoms. The van der Waals surface area contributed by atoms with Crippen LogP contribution in [0.4, 0.5) is 0 Å². The molecule has 70 valence electrons. The maximum atomic E-state index is 5.38. The minimum Gasteiger partial charge on any atom is -0.376 e. The molecule has 1 rings (SSSR count). The molecule has 0 bridgehead atoms. The molecule has 0 heterocycles. The second-order valence-corrected chi connectivity index (χ2v) is 4.14. The van der Waals surface area contributed by atoms with Gasteiger partial charge in [0, 0.05) is 4.47 Å². The van der Waals surface area contributed by atoms with Gasteiger partial charge in [0.2, 0.25) is 0 Å². The largest absolute Gasteiger partial charge is 0.376 e. The van der Waals surface area contributed by atoms with Gasteiger partial charge in [0.25, 0.3) is 0 Å². The van der Waals surface area contributed by atoms with Crippen LogP contribution >= 0.6 is 28.1 Å². The standard InChI is InChI=1S/C9H11BrN2S/c1-6(12-9(11)13)7-3-2-4-8(10)5-7/h2-6H,1H3,(H3,11,12,13). The molecule has 1 aromatic rings. The number of rotatable bonds is 2. The van der Waals surface area contributed by atoms with E-state index in [-0.39, 0.29) is 6.04 Å². The number of hydrogen-bond donors (Lipinski definition) is 2. The number of nitrogens with two attached hydrogens (primary N) is 1. The Labute approximate surface area is 91.6 Å². The quantitative estimate of drug-likeness (QED) is 0.800. The molecule has 1 aromatic carbocycles. The van der Waals surface area contributed by atoms with E-state index in [0.717, 1.165) is 10.0 Å². The molecule has 1 atom stereocenters. The monoisotopic (exact) mass is 258 g/mol. The summed E-state index contributed by atoms with van der Waals surface area (Å²) in [4.78, 5) is 0. The van der Waals surface area contributed by atoms with Crippen LogP contribution in [0.5, 0.6) is 0 Å². The van der Waals surface area contributed by atoms with Crippen molar-refractivity contribution >= 4 is 33.3 Å². The number of halogens is 1. The lowest BCUT2D eigenvalue weighted by molar-refractivity contribution is 0.719. The molecule has 0 aliphatic heterocycles. The Hall–Kier alpha value is -0.610. The van der Waals surface area contributed by atoms with Crippen molar-refractivity contribution < 1.29 is 0 Å². The molecule has 0 spiro atoms. The maximum absolute atomic E-state index is 5.38. The summed E-state index contributed by atoms with van der Waals surface area (Å²) in [6.07, 6.45) is 0. The van der Waals surface area contributed by atoms with E-state index in [9.17, 15) is 0 Å². The predicted molar refractivity (Wildman–Crippen MR) is 62.5 cm³/mol. The number of nitrogens with one attached hydrogen (secondary N) is 1. The molecule has 0 radical (unpaired) electrons. The van der Waals surface area contributed by atoms with Crippen LogP contribution in [0.15, 0.2) is 28.7 Å². The molecule has 0 saturated heterocycles. The van der Waals surface area contributed by atoms with Gasteiger partial charge in [-0.15, -0.1) is 0 Å². The highest BCUT2D eigenvalue weighted by Gasteiger charge is 2.04. The lowest BCUT2D eigenvalue weighted by Crippen LogP contribution is -2.31. The van der Waals surface area contributed by atoms with Gasteiger partial charge in [0.1, 0.15) is 0 Å². The highest BCUT2D eigenvalue weighted by molar-refractivity contribution is 9.10. The van der Waals surface area contributed by atoms with Gasteiger partial charge in [-0.3, -0.25) is 0 Å². The van der Waals surface area contributed by atoms with Crippen LogP contribution in [0, 0.1) is 0 Å². The van der Waals surface area contributed by atoms with Crippen LogP contribution in [0.3, 0.4) is 0 Å². The zero-order chi connectivity index (χ0) is 9.84. The van der Waals surface area contributed by atoms with Crippen molar-refractivity contribution in [2.24, 2.45) is 5.73 Å². The molecule has 0 amide bonds. The van der Waals surface area contributed by atoms with Crippen LogP contribution < -0.4 is 11.1 Å². The Morgan fingerprint density at radius 1 is 1.62 bits per heavy atom. The van der Waals surface area contributed by atoms with E-state index in [2.05, 4.69) is 21.2 Å². The minimum absolute atomic E-state index is 0.148.